The average molecular weight is 315 g/mol. The Morgan fingerprint density at radius 3 is 2.59 bits per heavy atom. The van der Waals surface area contributed by atoms with Crippen molar-refractivity contribution in [3.05, 3.63) is 38.8 Å². The Bertz CT molecular complexity index is 540. The molecule has 0 atom stereocenters. The van der Waals surface area contributed by atoms with Crippen LogP contribution in [0.15, 0.2) is 16.6 Å². The van der Waals surface area contributed by atoms with E-state index in [1.165, 1.54) is 5.56 Å². The molecule has 0 unspecified atom stereocenters. The number of aryl methyl sites for hydroxylation is 3. The zero-order chi connectivity index (χ0) is 12.6. The number of hydrogen-bond acceptors (Lipinski definition) is 2. The number of halogens is 2. The molecule has 2 aromatic rings. The van der Waals surface area contributed by atoms with Gasteiger partial charge in [0.15, 0.2) is 0 Å². The largest absolute Gasteiger partial charge is 0.268 e. The molecule has 1 aromatic heterocycles. The van der Waals surface area contributed by atoms with E-state index in [0.717, 1.165) is 28.0 Å². The number of nitrogens with zero attached hydrogens (tertiary/aromatic N) is 3. The second-order valence-corrected chi connectivity index (χ2v) is 5.18. The van der Waals surface area contributed by atoms with E-state index >= 15 is 0 Å². The number of hydrogen-bond donors (Lipinski definition) is 0. The highest BCUT2D eigenvalue weighted by atomic mass is 79.9. The number of rotatable bonds is 2. The summed E-state index contributed by atoms with van der Waals surface area (Å²) in [4.78, 5) is 0. The summed E-state index contributed by atoms with van der Waals surface area (Å²) < 4.78 is 2.90. The van der Waals surface area contributed by atoms with Crippen LogP contribution >= 0.6 is 27.5 Å². The van der Waals surface area contributed by atoms with Gasteiger partial charge in [0, 0.05) is 10.9 Å². The van der Waals surface area contributed by atoms with Crippen molar-refractivity contribution in [2.45, 2.75) is 27.2 Å². The molecular formula is C12H13BrClN3. The Morgan fingerprint density at radius 2 is 2.00 bits per heavy atom. The summed E-state index contributed by atoms with van der Waals surface area (Å²) in [6.45, 7) is 6.16. The van der Waals surface area contributed by atoms with Crippen LogP contribution in [-0.4, -0.2) is 14.8 Å². The van der Waals surface area contributed by atoms with Gasteiger partial charge in [-0.25, -0.2) is 0 Å². The zero-order valence-electron chi connectivity index (χ0n) is 9.96. The molecule has 5 heteroatoms. The van der Waals surface area contributed by atoms with E-state index in [0.29, 0.717) is 5.28 Å². The molecule has 0 fully saturated rings. The summed E-state index contributed by atoms with van der Waals surface area (Å²) in [5.74, 6) is 0.864. The summed E-state index contributed by atoms with van der Waals surface area (Å²) in [5, 5.41) is 8.40. The topological polar surface area (TPSA) is 30.7 Å². The second-order valence-electron chi connectivity index (χ2n) is 3.99. The Hall–Kier alpha value is -0.870. The van der Waals surface area contributed by atoms with Crippen LogP contribution in [0.5, 0.6) is 0 Å². The summed E-state index contributed by atoms with van der Waals surface area (Å²) in [5.41, 5.74) is 3.37. The molecule has 0 radical (unpaired) electrons. The third-order valence-electron chi connectivity index (χ3n) is 2.63. The van der Waals surface area contributed by atoms with Crippen LogP contribution in [0, 0.1) is 13.8 Å². The lowest BCUT2D eigenvalue weighted by Crippen LogP contribution is -2.04. The Kier molecular flexibility index (Phi) is 3.54. The normalized spacial score (nSPS) is 10.9. The van der Waals surface area contributed by atoms with Crippen molar-refractivity contribution in [3.8, 4) is 5.69 Å². The van der Waals surface area contributed by atoms with E-state index in [1.54, 1.807) is 0 Å². The molecule has 3 nitrogen and oxygen atoms in total. The molecule has 0 bridgehead atoms. The molecule has 0 aliphatic carbocycles. The fraction of sp³-hybridized carbons (Fsp3) is 0.333. The lowest BCUT2D eigenvalue weighted by atomic mass is 10.1. The molecule has 90 valence electrons. The molecule has 1 heterocycles. The van der Waals surface area contributed by atoms with Crippen molar-refractivity contribution in [1.82, 2.24) is 14.8 Å². The predicted molar refractivity (Wildman–Crippen MR) is 72.9 cm³/mol. The SMILES string of the molecule is CCc1nnc(Cl)n1-c1c(C)cc(C)cc1Br. The molecule has 0 amide bonds. The van der Waals surface area contributed by atoms with Crippen molar-refractivity contribution in [3.63, 3.8) is 0 Å². The van der Waals surface area contributed by atoms with Gasteiger partial charge in [0.1, 0.15) is 5.82 Å². The van der Waals surface area contributed by atoms with Crippen LogP contribution in [0.4, 0.5) is 0 Å². The minimum atomic E-state index is 0.398. The maximum Gasteiger partial charge on any atom is 0.229 e. The fourth-order valence-electron chi connectivity index (χ4n) is 1.94. The molecule has 0 aliphatic heterocycles. The monoisotopic (exact) mass is 313 g/mol. The Balaban J connectivity index is 2.72. The van der Waals surface area contributed by atoms with Crippen molar-refractivity contribution in [1.29, 1.82) is 0 Å². The minimum absolute atomic E-state index is 0.398. The molecule has 1 aromatic carbocycles. The Labute approximate surface area is 114 Å². The van der Waals surface area contributed by atoms with Gasteiger partial charge in [0.2, 0.25) is 5.28 Å². The van der Waals surface area contributed by atoms with Crippen LogP contribution in [0.2, 0.25) is 5.28 Å². The van der Waals surface area contributed by atoms with Gasteiger partial charge in [-0.3, -0.25) is 4.57 Å². The number of aromatic nitrogens is 3. The second kappa shape index (κ2) is 4.78. The van der Waals surface area contributed by atoms with E-state index in [4.69, 9.17) is 11.6 Å². The zero-order valence-corrected chi connectivity index (χ0v) is 12.3. The first-order valence-corrected chi connectivity index (χ1v) is 6.58. The van der Waals surface area contributed by atoms with Gasteiger partial charge in [-0.2, -0.15) is 0 Å². The first kappa shape index (κ1) is 12.6. The van der Waals surface area contributed by atoms with Crippen molar-refractivity contribution < 1.29 is 0 Å². The van der Waals surface area contributed by atoms with E-state index in [-0.39, 0.29) is 0 Å². The van der Waals surface area contributed by atoms with Gasteiger partial charge in [-0.15, -0.1) is 10.2 Å². The van der Waals surface area contributed by atoms with E-state index in [2.05, 4.69) is 52.1 Å². The van der Waals surface area contributed by atoms with Crippen molar-refractivity contribution in [2.24, 2.45) is 0 Å². The van der Waals surface area contributed by atoms with E-state index < -0.39 is 0 Å². The molecule has 0 spiro atoms. The molecule has 0 saturated carbocycles. The van der Waals surface area contributed by atoms with Gasteiger partial charge in [0.25, 0.3) is 0 Å². The van der Waals surface area contributed by atoms with E-state index in [9.17, 15) is 0 Å². The van der Waals surface area contributed by atoms with Crippen molar-refractivity contribution in [2.75, 3.05) is 0 Å². The average Bonchev–Trinajstić information content (AvgIpc) is 2.59. The third kappa shape index (κ3) is 2.24. The highest BCUT2D eigenvalue weighted by Crippen LogP contribution is 2.29. The van der Waals surface area contributed by atoms with Crippen LogP contribution in [-0.2, 0) is 6.42 Å². The molecular weight excluding hydrogens is 302 g/mol. The number of benzene rings is 1. The van der Waals surface area contributed by atoms with Gasteiger partial charge >= 0.3 is 0 Å². The first-order chi connectivity index (χ1) is 8.04. The maximum atomic E-state index is 6.11. The first-order valence-electron chi connectivity index (χ1n) is 5.41. The molecule has 17 heavy (non-hydrogen) atoms. The fourth-order valence-corrected chi connectivity index (χ4v) is 3.01. The molecule has 2 rings (SSSR count). The summed E-state index contributed by atoms with van der Waals surface area (Å²) in [6.07, 6.45) is 0.791. The van der Waals surface area contributed by atoms with Crippen LogP contribution in [0.25, 0.3) is 5.69 Å². The predicted octanol–water partition coefficient (Wildman–Crippen LogP) is 3.86. The van der Waals surface area contributed by atoms with Crippen molar-refractivity contribution >= 4 is 27.5 Å². The minimum Gasteiger partial charge on any atom is -0.268 e. The standard InChI is InChI=1S/C12H13BrClN3/c1-4-10-15-16-12(14)17(10)11-8(3)5-7(2)6-9(11)13/h5-6H,4H2,1-3H3. The maximum absolute atomic E-state index is 6.11. The lowest BCUT2D eigenvalue weighted by molar-refractivity contribution is 0.876. The van der Waals surface area contributed by atoms with Crippen LogP contribution in [0.1, 0.15) is 23.9 Å². The van der Waals surface area contributed by atoms with Gasteiger partial charge < -0.3 is 0 Å². The van der Waals surface area contributed by atoms with Crippen LogP contribution in [0.3, 0.4) is 0 Å². The van der Waals surface area contributed by atoms with Gasteiger partial charge in [0.05, 0.1) is 5.69 Å². The lowest BCUT2D eigenvalue weighted by Gasteiger charge is -2.13. The molecule has 0 N–H and O–H groups in total. The molecule has 0 saturated heterocycles. The highest BCUT2D eigenvalue weighted by molar-refractivity contribution is 9.10. The summed E-state index contributed by atoms with van der Waals surface area (Å²) in [6, 6.07) is 4.19. The Morgan fingerprint density at radius 1 is 1.29 bits per heavy atom. The van der Waals surface area contributed by atoms with Gasteiger partial charge in [-0.1, -0.05) is 13.0 Å². The summed E-state index contributed by atoms with van der Waals surface area (Å²) in [7, 11) is 0. The third-order valence-corrected chi connectivity index (χ3v) is 3.48. The highest BCUT2D eigenvalue weighted by Gasteiger charge is 2.15. The molecule has 0 aliphatic rings. The van der Waals surface area contributed by atoms with E-state index in [1.807, 2.05) is 11.5 Å². The summed E-state index contributed by atoms with van der Waals surface area (Å²) >= 11 is 9.69. The van der Waals surface area contributed by atoms with Crippen LogP contribution < -0.4 is 0 Å². The quantitative estimate of drug-likeness (QED) is 0.842. The van der Waals surface area contributed by atoms with Gasteiger partial charge in [-0.05, 0) is 58.6 Å². The smallest absolute Gasteiger partial charge is 0.229 e.